The van der Waals surface area contributed by atoms with E-state index in [1.807, 2.05) is 0 Å². The molecule has 1 rings (SSSR count). The molecule has 5 nitrogen and oxygen atoms in total. The van der Waals surface area contributed by atoms with Gasteiger partial charge in [-0.2, -0.15) is 0 Å². The fourth-order valence-corrected chi connectivity index (χ4v) is 1.60. The van der Waals surface area contributed by atoms with Crippen molar-refractivity contribution in [1.82, 2.24) is 4.98 Å². The van der Waals surface area contributed by atoms with Crippen molar-refractivity contribution in [3.05, 3.63) is 21.8 Å². The fraction of sp³-hybridized carbons (Fsp3) is 0.222. The lowest BCUT2D eigenvalue weighted by atomic mass is 10.3. The van der Waals surface area contributed by atoms with Gasteiger partial charge in [-0.1, -0.05) is 11.6 Å². The Balaban J connectivity index is 2.59. The van der Waals surface area contributed by atoms with Crippen LogP contribution in [0.15, 0.2) is 16.7 Å². The number of rotatable bonds is 4. The van der Waals surface area contributed by atoms with Gasteiger partial charge in [0.1, 0.15) is 0 Å². The Bertz CT molecular complexity index is 425. The summed E-state index contributed by atoms with van der Waals surface area (Å²) in [7, 11) is 0. The van der Waals surface area contributed by atoms with E-state index in [1.54, 1.807) is 6.07 Å². The van der Waals surface area contributed by atoms with E-state index in [0.717, 1.165) is 0 Å². The normalized spacial score (nSPS) is 9.88. The van der Waals surface area contributed by atoms with Crippen molar-refractivity contribution in [3.8, 4) is 0 Å². The fourth-order valence-electron chi connectivity index (χ4n) is 0.922. The summed E-state index contributed by atoms with van der Waals surface area (Å²) < 4.78 is 0.695. The molecule has 0 spiro atoms. The number of hydrogen-bond acceptors (Lipinski definition) is 3. The number of hydrogen-bond donors (Lipinski definition) is 2. The lowest BCUT2D eigenvalue weighted by Crippen LogP contribution is -2.14. The van der Waals surface area contributed by atoms with Gasteiger partial charge in [-0.15, -0.1) is 0 Å². The van der Waals surface area contributed by atoms with Crippen LogP contribution in [0.4, 0.5) is 5.82 Å². The molecule has 2 N–H and O–H groups in total. The van der Waals surface area contributed by atoms with Crippen LogP contribution in [-0.2, 0) is 9.59 Å². The molecule has 16 heavy (non-hydrogen) atoms. The van der Waals surface area contributed by atoms with Crippen molar-refractivity contribution in [2.24, 2.45) is 0 Å². The van der Waals surface area contributed by atoms with E-state index < -0.39 is 11.9 Å². The zero-order chi connectivity index (χ0) is 12.1. The second kappa shape index (κ2) is 5.81. The van der Waals surface area contributed by atoms with Crippen molar-refractivity contribution in [2.75, 3.05) is 5.32 Å². The van der Waals surface area contributed by atoms with Crippen molar-refractivity contribution >= 4 is 45.2 Å². The number of anilines is 1. The molecular formula is C9H8BrClN2O3. The van der Waals surface area contributed by atoms with Gasteiger partial charge in [0.05, 0.1) is 11.4 Å². The quantitative estimate of drug-likeness (QED) is 0.894. The van der Waals surface area contributed by atoms with Crippen LogP contribution in [0, 0.1) is 0 Å². The molecule has 0 radical (unpaired) electrons. The molecule has 0 fully saturated rings. The highest BCUT2D eigenvalue weighted by atomic mass is 79.9. The molecule has 0 aliphatic carbocycles. The van der Waals surface area contributed by atoms with Gasteiger partial charge in [0, 0.05) is 17.1 Å². The van der Waals surface area contributed by atoms with Crippen molar-refractivity contribution in [2.45, 2.75) is 12.8 Å². The maximum atomic E-state index is 11.3. The number of carbonyl (C=O) groups excluding carboxylic acids is 1. The molecule has 1 aromatic heterocycles. The minimum atomic E-state index is -1.02. The largest absolute Gasteiger partial charge is 0.481 e. The number of amides is 1. The molecule has 1 amide bonds. The smallest absolute Gasteiger partial charge is 0.303 e. The Morgan fingerprint density at radius 3 is 2.75 bits per heavy atom. The van der Waals surface area contributed by atoms with Crippen LogP contribution in [0.2, 0.25) is 5.02 Å². The summed E-state index contributed by atoms with van der Waals surface area (Å²) in [5.74, 6) is -1.23. The number of carbonyl (C=O) groups is 2. The number of pyridine rings is 1. The number of aromatic nitrogens is 1. The van der Waals surface area contributed by atoms with Crippen LogP contribution >= 0.6 is 27.5 Å². The van der Waals surface area contributed by atoms with Gasteiger partial charge < -0.3 is 10.4 Å². The molecular weight excluding hydrogens is 299 g/mol. The first kappa shape index (κ1) is 12.9. The van der Waals surface area contributed by atoms with Gasteiger partial charge in [-0.3, -0.25) is 9.59 Å². The molecule has 0 aromatic carbocycles. The molecule has 0 unspecified atom stereocenters. The van der Waals surface area contributed by atoms with Crippen LogP contribution in [-0.4, -0.2) is 22.0 Å². The number of carboxylic acids is 1. The van der Waals surface area contributed by atoms with Gasteiger partial charge in [0.2, 0.25) is 5.91 Å². The Morgan fingerprint density at radius 1 is 1.50 bits per heavy atom. The van der Waals surface area contributed by atoms with Gasteiger partial charge >= 0.3 is 5.97 Å². The predicted octanol–water partition coefficient (Wildman–Crippen LogP) is 2.30. The van der Waals surface area contributed by atoms with Gasteiger partial charge in [0.25, 0.3) is 0 Å². The average Bonchev–Trinajstić information content (AvgIpc) is 2.19. The molecule has 0 saturated carbocycles. The van der Waals surface area contributed by atoms with E-state index >= 15 is 0 Å². The minimum absolute atomic E-state index is 0.108. The SMILES string of the molecule is O=C(O)CCC(=O)Nc1ncc(Br)cc1Cl. The van der Waals surface area contributed by atoms with Crippen LogP contribution in [0.25, 0.3) is 0 Å². The van der Waals surface area contributed by atoms with Crippen LogP contribution < -0.4 is 5.32 Å². The summed E-state index contributed by atoms with van der Waals surface area (Å²) in [5, 5.41) is 11.1. The highest BCUT2D eigenvalue weighted by Gasteiger charge is 2.09. The summed E-state index contributed by atoms with van der Waals surface area (Å²) in [6, 6.07) is 1.58. The second-order valence-corrected chi connectivity index (χ2v) is 4.25. The van der Waals surface area contributed by atoms with Crippen molar-refractivity contribution < 1.29 is 14.7 Å². The highest BCUT2D eigenvalue weighted by Crippen LogP contribution is 2.22. The summed E-state index contributed by atoms with van der Waals surface area (Å²) in [4.78, 5) is 25.4. The van der Waals surface area contributed by atoms with Gasteiger partial charge in [0.15, 0.2) is 5.82 Å². The predicted molar refractivity (Wildman–Crippen MR) is 62.4 cm³/mol. The Hall–Kier alpha value is -1.14. The summed E-state index contributed by atoms with van der Waals surface area (Å²) in [6.07, 6.45) is 1.15. The number of aliphatic carboxylic acids is 1. The van der Waals surface area contributed by atoms with Crippen LogP contribution in [0.5, 0.6) is 0 Å². The second-order valence-electron chi connectivity index (χ2n) is 2.93. The van der Waals surface area contributed by atoms with E-state index in [4.69, 9.17) is 16.7 Å². The number of halogens is 2. The highest BCUT2D eigenvalue weighted by molar-refractivity contribution is 9.10. The Labute approximate surface area is 105 Å². The lowest BCUT2D eigenvalue weighted by molar-refractivity contribution is -0.138. The Kier molecular flexibility index (Phi) is 4.70. The van der Waals surface area contributed by atoms with Gasteiger partial charge in [-0.05, 0) is 22.0 Å². The first-order valence-corrected chi connectivity index (χ1v) is 5.49. The Morgan fingerprint density at radius 2 is 2.19 bits per heavy atom. The average molecular weight is 308 g/mol. The number of carboxylic acid groups (broad SMARTS) is 1. The lowest BCUT2D eigenvalue weighted by Gasteiger charge is -2.05. The van der Waals surface area contributed by atoms with E-state index in [9.17, 15) is 9.59 Å². The van der Waals surface area contributed by atoms with E-state index in [2.05, 4.69) is 26.2 Å². The maximum absolute atomic E-state index is 11.3. The molecule has 1 aromatic rings. The van der Waals surface area contributed by atoms with Crippen molar-refractivity contribution in [3.63, 3.8) is 0 Å². The third-order valence-electron chi connectivity index (χ3n) is 1.63. The number of nitrogens with zero attached hydrogens (tertiary/aromatic N) is 1. The monoisotopic (exact) mass is 306 g/mol. The summed E-state index contributed by atoms with van der Waals surface area (Å²) in [5.41, 5.74) is 0. The summed E-state index contributed by atoms with van der Waals surface area (Å²) in [6.45, 7) is 0. The zero-order valence-electron chi connectivity index (χ0n) is 8.04. The first-order valence-electron chi connectivity index (χ1n) is 4.31. The minimum Gasteiger partial charge on any atom is -0.481 e. The molecule has 7 heteroatoms. The third kappa shape index (κ3) is 4.16. The van der Waals surface area contributed by atoms with E-state index in [1.165, 1.54) is 6.20 Å². The first-order chi connectivity index (χ1) is 7.49. The zero-order valence-corrected chi connectivity index (χ0v) is 10.4. The van der Waals surface area contributed by atoms with Crippen molar-refractivity contribution in [1.29, 1.82) is 0 Å². The molecule has 0 aliphatic rings. The number of nitrogens with one attached hydrogen (secondary N) is 1. The standard InChI is InChI=1S/C9H8BrClN2O3/c10-5-3-6(11)9(12-4-5)13-7(14)1-2-8(15)16/h3-4H,1-2H2,(H,15,16)(H,12,13,14). The molecule has 0 aliphatic heterocycles. The van der Waals surface area contributed by atoms with Gasteiger partial charge in [-0.25, -0.2) is 4.98 Å². The molecule has 0 bridgehead atoms. The third-order valence-corrected chi connectivity index (χ3v) is 2.35. The molecule has 0 atom stereocenters. The van der Waals surface area contributed by atoms with Crippen LogP contribution in [0.1, 0.15) is 12.8 Å². The van der Waals surface area contributed by atoms with E-state index in [0.29, 0.717) is 4.47 Å². The van der Waals surface area contributed by atoms with Crippen LogP contribution in [0.3, 0.4) is 0 Å². The summed E-state index contributed by atoms with van der Waals surface area (Å²) >= 11 is 8.99. The van der Waals surface area contributed by atoms with E-state index in [-0.39, 0.29) is 23.7 Å². The molecule has 1 heterocycles. The topological polar surface area (TPSA) is 79.3 Å². The molecule has 0 saturated heterocycles. The molecule has 86 valence electrons. The maximum Gasteiger partial charge on any atom is 0.303 e.